The molecule has 2 rings (SSSR count). The van der Waals surface area contributed by atoms with Crippen molar-refractivity contribution in [2.24, 2.45) is 0 Å². The molecule has 2 heteroatoms. The van der Waals surface area contributed by atoms with E-state index in [-0.39, 0.29) is 0 Å². The predicted octanol–water partition coefficient (Wildman–Crippen LogP) is 3.28. The summed E-state index contributed by atoms with van der Waals surface area (Å²) in [6, 6.07) is 8.49. The van der Waals surface area contributed by atoms with Crippen molar-refractivity contribution < 1.29 is 4.74 Å². The second-order valence-electron chi connectivity index (χ2n) is 5.01. The Balaban J connectivity index is 1.83. The monoisotopic (exact) mass is 233 g/mol. The largest absolute Gasteiger partial charge is 0.497 e. The first-order valence-corrected chi connectivity index (χ1v) is 6.66. The molecular formula is C15H23NO. The summed E-state index contributed by atoms with van der Waals surface area (Å²) in [4.78, 5) is 2.58. The third-order valence-corrected chi connectivity index (χ3v) is 3.76. The number of nitrogens with zero attached hydrogens (tertiary/aromatic N) is 1. The molecule has 0 bridgehead atoms. The maximum atomic E-state index is 5.18. The standard InChI is InChI=1S/C15H23NO/c1-13(9-12-16-10-3-4-11-16)14-5-7-15(17-2)8-6-14/h5-8,13H,3-4,9-12H2,1-2H3/t13-/m0/s1. The molecule has 94 valence electrons. The van der Waals surface area contributed by atoms with E-state index in [4.69, 9.17) is 4.74 Å². The maximum absolute atomic E-state index is 5.18. The van der Waals surface area contributed by atoms with Gasteiger partial charge in [0.25, 0.3) is 0 Å². The Morgan fingerprint density at radius 3 is 2.41 bits per heavy atom. The molecule has 0 amide bonds. The van der Waals surface area contributed by atoms with Crippen molar-refractivity contribution in [2.45, 2.75) is 32.1 Å². The average molecular weight is 233 g/mol. The quantitative estimate of drug-likeness (QED) is 0.774. The number of hydrogen-bond acceptors (Lipinski definition) is 2. The summed E-state index contributed by atoms with van der Waals surface area (Å²) >= 11 is 0. The first-order chi connectivity index (χ1) is 8.29. The van der Waals surface area contributed by atoms with Gasteiger partial charge >= 0.3 is 0 Å². The molecule has 0 unspecified atom stereocenters. The summed E-state index contributed by atoms with van der Waals surface area (Å²) in [5.74, 6) is 1.59. The molecule has 2 nitrogen and oxygen atoms in total. The lowest BCUT2D eigenvalue weighted by Crippen LogP contribution is -2.21. The third-order valence-electron chi connectivity index (χ3n) is 3.76. The van der Waals surface area contributed by atoms with Gasteiger partial charge in [0.15, 0.2) is 0 Å². The molecule has 0 N–H and O–H groups in total. The van der Waals surface area contributed by atoms with Crippen LogP contribution in [0.1, 0.15) is 37.7 Å². The fourth-order valence-corrected chi connectivity index (χ4v) is 2.48. The van der Waals surface area contributed by atoms with Crippen LogP contribution in [-0.2, 0) is 0 Å². The van der Waals surface area contributed by atoms with E-state index in [0.717, 1.165) is 5.75 Å². The van der Waals surface area contributed by atoms with E-state index in [1.165, 1.54) is 44.5 Å². The van der Waals surface area contributed by atoms with E-state index in [1.54, 1.807) is 7.11 Å². The van der Waals surface area contributed by atoms with Crippen molar-refractivity contribution >= 4 is 0 Å². The molecule has 1 fully saturated rings. The zero-order valence-electron chi connectivity index (χ0n) is 11.0. The fraction of sp³-hybridized carbons (Fsp3) is 0.600. The normalized spacial score (nSPS) is 18.2. The highest BCUT2D eigenvalue weighted by atomic mass is 16.5. The molecule has 0 saturated carbocycles. The second-order valence-corrected chi connectivity index (χ2v) is 5.01. The lowest BCUT2D eigenvalue weighted by Gasteiger charge is -2.18. The highest BCUT2D eigenvalue weighted by Crippen LogP contribution is 2.22. The van der Waals surface area contributed by atoms with E-state index in [1.807, 2.05) is 0 Å². The first-order valence-electron chi connectivity index (χ1n) is 6.66. The van der Waals surface area contributed by atoms with Crippen LogP contribution in [0.15, 0.2) is 24.3 Å². The number of likely N-dealkylation sites (tertiary alicyclic amines) is 1. The summed E-state index contributed by atoms with van der Waals surface area (Å²) in [5, 5.41) is 0. The van der Waals surface area contributed by atoms with Crippen LogP contribution in [0.25, 0.3) is 0 Å². The van der Waals surface area contributed by atoms with Gasteiger partial charge in [0.1, 0.15) is 5.75 Å². The Morgan fingerprint density at radius 2 is 1.82 bits per heavy atom. The van der Waals surface area contributed by atoms with Crippen LogP contribution in [0.4, 0.5) is 0 Å². The molecule has 17 heavy (non-hydrogen) atoms. The molecule has 1 heterocycles. The lowest BCUT2D eigenvalue weighted by atomic mass is 9.97. The van der Waals surface area contributed by atoms with Crippen LogP contribution < -0.4 is 4.74 Å². The Hall–Kier alpha value is -1.02. The van der Waals surface area contributed by atoms with E-state index in [9.17, 15) is 0 Å². The zero-order chi connectivity index (χ0) is 12.1. The average Bonchev–Trinajstić information content (AvgIpc) is 2.89. The first kappa shape index (κ1) is 12.4. The number of rotatable bonds is 5. The summed E-state index contributed by atoms with van der Waals surface area (Å²) in [5.41, 5.74) is 1.42. The minimum absolute atomic E-state index is 0.640. The van der Waals surface area contributed by atoms with Gasteiger partial charge in [-0.1, -0.05) is 19.1 Å². The van der Waals surface area contributed by atoms with E-state index >= 15 is 0 Å². The fourth-order valence-electron chi connectivity index (χ4n) is 2.48. The van der Waals surface area contributed by atoms with Crippen molar-refractivity contribution in [1.82, 2.24) is 4.90 Å². The van der Waals surface area contributed by atoms with Crippen molar-refractivity contribution in [2.75, 3.05) is 26.7 Å². The molecule has 1 aromatic rings. The number of methoxy groups -OCH3 is 1. The van der Waals surface area contributed by atoms with Gasteiger partial charge in [-0.15, -0.1) is 0 Å². The molecule has 0 aromatic heterocycles. The van der Waals surface area contributed by atoms with Gasteiger partial charge in [0.05, 0.1) is 7.11 Å². The lowest BCUT2D eigenvalue weighted by molar-refractivity contribution is 0.324. The Morgan fingerprint density at radius 1 is 1.18 bits per heavy atom. The third kappa shape index (κ3) is 3.47. The Labute approximate surface area is 105 Å². The predicted molar refractivity (Wildman–Crippen MR) is 71.7 cm³/mol. The van der Waals surface area contributed by atoms with Crippen molar-refractivity contribution in [3.8, 4) is 5.75 Å². The van der Waals surface area contributed by atoms with Gasteiger partial charge in [0, 0.05) is 0 Å². The number of ether oxygens (including phenoxy) is 1. The molecule has 0 radical (unpaired) electrons. The number of hydrogen-bond donors (Lipinski definition) is 0. The number of benzene rings is 1. The molecule has 0 spiro atoms. The molecular weight excluding hydrogens is 210 g/mol. The maximum Gasteiger partial charge on any atom is 0.118 e. The van der Waals surface area contributed by atoms with Crippen LogP contribution in [-0.4, -0.2) is 31.6 Å². The topological polar surface area (TPSA) is 12.5 Å². The van der Waals surface area contributed by atoms with E-state index < -0.39 is 0 Å². The summed E-state index contributed by atoms with van der Waals surface area (Å²) in [6.45, 7) is 6.16. The van der Waals surface area contributed by atoms with Crippen LogP contribution in [0, 0.1) is 0 Å². The second kappa shape index (κ2) is 6.06. The minimum Gasteiger partial charge on any atom is -0.497 e. The molecule has 1 aromatic carbocycles. The van der Waals surface area contributed by atoms with Crippen LogP contribution in [0.3, 0.4) is 0 Å². The van der Waals surface area contributed by atoms with Crippen LogP contribution >= 0.6 is 0 Å². The van der Waals surface area contributed by atoms with Gasteiger partial charge in [0.2, 0.25) is 0 Å². The van der Waals surface area contributed by atoms with Crippen molar-refractivity contribution in [3.63, 3.8) is 0 Å². The van der Waals surface area contributed by atoms with Crippen molar-refractivity contribution in [3.05, 3.63) is 29.8 Å². The van der Waals surface area contributed by atoms with Gasteiger partial charge < -0.3 is 9.64 Å². The molecule has 1 atom stereocenters. The smallest absolute Gasteiger partial charge is 0.118 e. The molecule has 0 aliphatic carbocycles. The molecule has 1 aliphatic heterocycles. The Bertz CT molecular complexity index is 327. The van der Waals surface area contributed by atoms with Crippen LogP contribution in [0.2, 0.25) is 0 Å². The van der Waals surface area contributed by atoms with Gasteiger partial charge in [-0.2, -0.15) is 0 Å². The minimum atomic E-state index is 0.640. The van der Waals surface area contributed by atoms with Crippen LogP contribution in [0.5, 0.6) is 5.75 Å². The highest BCUT2D eigenvalue weighted by molar-refractivity contribution is 5.29. The van der Waals surface area contributed by atoms with Crippen molar-refractivity contribution in [1.29, 1.82) is 0 Å². The van der Waals surface area contributed by atoms with E-state index in [0.29, 0.717) is 5.92 Å². The highest BCUT2D eigenvalue weighted by Gasteiger charge is 2.13. The van der Waals surface area contributed by atoms with Gasteiger partial charge in [-0.25, -0.2) is 0 Å². The zero-order valence-corrected chi connectivity index (χ0v) is 11.0. The van der Waals surface area contributed by atoms with Gasteiger partial charge in [-0.05, 0) is 62.5 Å². The summed E-state index contributed by atoms with van der Waals surface area (Å²) < 4.78 is 5.18. The summed E-state index contributed by atoms with van der Waals surface area (Å²) in [7, 11) is 1.71. The SMILES string of the molecule is COc1ccc([C@@H](C)CCN2CCCC2)cc1. The molecule has 1 saturated heterocycles. The molecule has 1 aliphatic rings. The van der Waals surface area contributed by atoms with Gasteiger partial charge in [-0.3, -0.25) is 0 Å². The van der Waals surface area contributed by atoms with E-state index in [2.05, 4.69) is 36.1 Å². The Kier molecular flexibility index (Phi) is 4.43. The summed E-state index contributed by atoms with van der Waals surface area (Å²) in [6.07, 6.45) is 4.03.